The van der Waals surface area contributed by atoms with Crippen LogP contribution in [0.15, 0.2) is 34.9 Å². The Morgan fingerprint density at radius 2 is 2.12 bits per heavy atom. The number of para-hydroxylation sites is 1. The van der Waals surface area contributed by atoms with Gasteiger partial charge in [-0.25, -0.2) is 4.79 Å². The molecule has 138 valence electrons. The summed E-state index contributed by atoms with van der Waals surface area (Å²) in [7, 11) is 1.59. The zero-order chi connectivity index (χ0) is 18.4. The number of nitrogens with zero attached hydrogens (tertiary/aromatic N) is 4. The molecule has 1 aliphatic rings. The van der Waals surface area contributed by atoms with Crippen molar-refractivity contribution in [1.29, 1.82) is 0 Å². The normalized spacial score (nSPS) is 14.6. The number of aromatic nitrogens is 2. The summed E-state index contributed by atoms with van der Waals surface area (Å²) in [4.78, 5) is 31.9. The van der Waals surface area contributed by atoms with Gasteiger partial charge in [-0.2, -0.15) is 4.98 Å². The van der Waals surface area contributed by atoms with Gasteiger partial charge in [-0.3, -0.25) is 4.79 Å². The number of carbonyl (C=O) groups excluding carboxylic acids is 2. The molecule has 1 N–H and O–H groups in total. The maximum Gasteiger partial charge on any atom is 0.318 e. The van der Waals surface area contributed by atoms with E-state index in [4.69, 9.17) is 9.26 Å². The number of hydrogen-bond donors (Lipinski definition) is 1. The SMILES string of the molecule is COCCc1nc(CNC(=O)N2CCN(c3ccccc3)C(=O)C2)no1. The second-order valence-corrected chi connectivity index (χ2v) is 5.81. The minimum atomic E-state index is -0.325. The maximum atomic E-state index is 12.3. The van der Waals surface area contributed by atoms with Crippen molar-refractivity contribution < 1.29 is 18.8 Å². The Balaban J connectivity index is 1.49. The van der Waals surface area contributed by atoms with Crippen molar-refractivity contribution in [2.75, 3.05) is 38.3 Å². The molecule has 3 amide bonds. The van der Waals surface area contributed by atoms with Crippen molar-refractivity contribution in [2.45, 2.75) is 13.0 Å². The number of amides is 3. The van der Waals surface area contributed by atoms with E-state index in [-0.39, 0.29) is 25.0 Å². The number of rotatable bonds is 6. The first-order chi connectivity index (χ1) is 12.7. The van der Waals surface area contributed by atoms with E-state index < -0.39 is 0 Å². The lowest BCUT2D eigenvalue weighted by Crippen LogP contribution is -2.54. The lowest BCUT2D eigenvalue weighted by atomic mass is 10.2. The fourth-order valence-electron chi connectivity index (χ4n) is 2.65. The number of methoxy groups -OCH3 is 1. The number of anilines is 1. The molecule has 1 aliphatic heterocycles. The first-order valence-electron chi connectivity index (χ1n) is 8.36. The van der Waals surface area contributed by atoms with Crippen LogP contribution in [0.4, 0.5) is 10.5 Å². The fraction of sp³-hybridized carbons (Fsp3) is 0.412. The Bertz CT molecular complexity index is 749. The quantitative estimate of drug-likeness (QED) is 0.819. The van der Waals surface area contributed by atoms with Gasteiger partial charge < -0.3 is 24.4 Å². The minimum absolute atomic E-state index is 0.0338. The highest BCUT2D eigenvalue weighted by Gasteiger charge is 2.28. The number of hydrogen-bond acceptors (Lipinski definition) is 6. The molecular weight excluding hydrogens is 338 g/mol. The van der Waals surface area contributed by atoms with E-state index in [0.717, 1.165) is 5.69 Å². The molecule has 1 aromatic carbocycles. The lowest BCUT2D eigenvalue weighted by Gasteiger charge is -2.34. The largest absolute Gasteiger partial charge is 0.384 e. The molecule has 1 fully saturated rings. The monoisotopic (exact) mass is 359 g/mol. The van der Waals surface area contributed by atoms with Crippen LogP contribution in [0.2, 0.25) is 0 Å². The van der Waals surface area contributed by atoms with Crippen LogP contribution >= 0.6 is 0 Å². The van der Waals surface area contributed by atoms with Gasteiger partial charge in [0.05, 0.1) is 19.6 Å². The molecule has 0 radical (unpaired) electrons. The van der Waals surface area contributed by atoms with Gasteiger partial charge in [0.2, 0.25) is 11.8 Å². The fourth-order valence-corrected chi connectivity index (χ4v) is 2.65. The van der Waals surface area contributed by atoms with Crippen molar-refractivity contribution in [1.82, 2.24) is 20.4 Å². The van der Waals surface area contributed by atoms with Gasteiger partial charge in [0.15, 0.2) is 5.82 Å². The maximum absolute atomic E-state index is 12.3. The van der Waals surface area contributed by atoms with Gasteiger partial charge in [0.1, 0.15) is 6.54 Å². The summed E-state index contributed by atoms with van der Waals surface area (Å²) in [5.41, 5.74) is 0.841. The highest BCUT2D eigenvalue weighted by molar-refractivity contribution is 5.97. The molecule has 0 spiro atoms. The summed E-state index contributed by atoms with van der Waals surface area (Å²) < 4.78 is 10.0. The molecule has 0 unspecified atom stereocenters. The topological polar surface area (TPSA) is 101 Å². The third-order valence-corrected chi connectivity index (χ3v) is 4.00. The second-order valence-electron chi connectivity index (χ2n) is 5.81. The number of carbonyl (C=O) groups is 2. The van der Waals surface area contributed by atoms with E-state index in [1.807, 2.05) is 30.3 Å². The van der Waals surface area contributed by atoms with E-state index in [9.17, 15) is 9.59 Å². The van der Waals surface area contributed by atoms with Crippen LogP contribution in [0, 0.1) is 0 Å². The van der Waals surface area contributed by atoms with Crippen LogP contribution in [0.25, 0.3) is 0 Å². The number of nitrogens with one attached hydrogen (secondary N) is 1. The number of benzene rings is 1. The van der Waals surface area contributed by atoms with E-state index in [1.54, 1.807) is 12.0 Å². The molecule has 2 heterocycles. The predicted molar refractivity (Wildman–Crippen MR) is 92.5 cm³/mol. The van der Waals surface area contributed by atoms with Crippen LogP contribution in [0.5, 0.6) is 0 Å². The summed E-state index contributed by atoms with van der Waals surface area (Å²) in [5, 5.41) is 6.52. The highest BCUT2D eigenvalue weighted by atomic mass is 16.5. The van der Waals surface area contributed by atoms with Crippen molar-refractivity contribution in [3.8, 4) is 0 Å². The van der Waals surface area contributed by atoms with Gasteiger partial charge >= 0.3 is 6.03 Å². The molecule has 0 aliphatic carbocycles. The Kier molecular flexibility index (Phi) is 5.80. The molecule has 0 bridgehead atoms. The molecule has 9 heteroatoms. The number of piperazine rings is 1. The van der Waals surface area contributed by atoms with E-state index >= 15 is 0 Å². The Labute approximate surface area is 150 Å². The van der Waals surface area contributed by atoms with E-state index in [2.05, 4.69) is 15.5 Å². The number of ether oxygens (including phenoxy) is 1. The summed E-state index contributed by atoms with van der Waals surface area (Å²) in [6, 6.07) is 9.10. The molecule has 0 saturated carbocycles. The van der Waals surface area contributed by atoms with Crippen LogP contribution in [0.1, 0.15) is 11.7 Å². The van der Waals surface area contributed by atoms with Gasteiger partial charge in [-0.1, -0.05) is 23.4 Å². The molecule has 9 nitrogen and oxygen atoms in total. The van der Waals surface area contributed by atoms with Gasteiger partial charge in [-0.05, 0) is 12.1 Å². The molecule has 1 saturated heterocycles. The second kappa shape index (κ2) is 8.43. The molecule has 26 heavy (non-hydrogen) atoms. The van der Waals surface area contributed by atoms with Gasteiger partial charge in [-0.15, -0.1) is 0 Å². The molecular formula is C17H21N5O4. The van der Waals surface area contributed by atoms with E-state index in [0.29, 0.717) is 37.8 Å². The Hall–Kier alpha value is -2.94. The van der Waals surface area contributed by atoms with Crippen LogP contribution in [-0.2, 0) is 22.5 Å². The van der Waals surface area contributed by atoms with Gasteiger partial charge in [0, 0.05) is 25.9 Å². The summed E-state index contributed by atoms with van der Waals surface area (Å²) >= 11 is 0. The average Bonchev–Trinajstić information content (AvgIpc) is 3.13. The van der Waals surface area contributed by atoms with Crippen LogP contribution < -0.4 is 10.2 Å². The summed E-state index contributed by atoms with van der Waals surface area (Å²) in [6.45, 7) is 1.58. The first kappa shape index (κ1) is 17.9. The van der Waals surface area contributed by atoms with E-state index in [1.165, 1.54) is 4.90 Å². The van der Waals surface area contributed by atoms with Crippen LogP contribution in [0.3, 0.4) is 0 Å². The molecule has 1 aromatic heterocycles. The predicted octanol–water partition coefficient (Wildman–Crippen LogP) is 0.817. The molecule has 3 rings (SSSR count). The third kappa shape index (κ3) is 4.37. The Morgan fingerprint density at radius 3 is 2.85 bits per heavy atom. The van der Waals surface area contributed by atoms with Crippen molar-refractivity contribution in [2.24, 2.45) is 0 Å². The van der Waals surface area contributed by atoms with Crippen molar-refractivity contribution >= 4 is 17.6 Å². The molecule has 2 aromatic rings. The smallest absolute Gasteiger partial charge is 0.318 e. The number of urea groups is 1. The lowest BCUT2D eigenvalue weighted by molar-refractivity contribution is -0.120. The first-order valence-corrected chi connectivity index (χ1v) is 8.36. The van der Waals surface area contributed by atoms with Gasteiger partial charge in [0.25, 0.3) is 0 Å². The zero-order valence-corrected chi connectivity index (χ0v) is 14.6. The van der Waals surface area contributed by atoms with Crippen molar-refractivity contribution in [3.05, 3.63) is 42.0 Å². The van der Waals surface area contributed by atoms with Crippen molar-refractivity contribution in [3.63, 3.8) is 0 Å². The average molecular weight is 359 g/mol. The minimum Gasteiger partial charge on any atom is -0.384 e. The Morgan fingerprint density at radius 1 is 1.31 bits per heavy atom. The summed E-state index contributed by atoms with van der Waals surface area (Å²) in [6.07, 6.45) is 0.521. The van der Waals surface area contributed by atoms with Crippen LogP contribution in [-0.4, -0.2) is 60.3 Å². The summed E-state index contributed by atoms with van der Waals surface area (Å²) in [5.74, 6) is 0.737. The standard InChI is InChI=1S/C17H21N5O4/c1-25-10-7-15-19-14(20-26-15)11-18-17(24)21-8-9-22(16(23)12-21)13-5-3-2-4-6-13/h2-6H,7-12H2,1H3,(H,18,24). The third-order valence-electron chi connectivity index (χ3n) is 4.00. The molecule has 0 atom stereocenters. The zero-order valence-electron chi connectivity index (χ0n) is 14.6. The highest BCUT2D eigenvalue weighted by Crippen LogP contribution is 2.16.